The Morgan fingerprint density at radius 2 is 2.18 bits per heavy atom. The summed E-state index contributed by atoms with van der Waals surface area (Å²) in [4.78, 5) is 11.6. The molecule has 0 aromatic carbocycles. The summed E-state index contributed by atoms with van der Waals surface area (Å²) >= 11 is 0. The van der Waals surface area contributed by atoms with Crippen molar-refractivity contribution < 1.29 is 14.6 Å². The number of hydrogen-bond donors (Lipinski definition) is 1. The van der Waals surface area contributed by atoms with Crippen LogP contribution in [0.5, 0.6) is 0 Å². The highest BCUT2D eigenvalue weighted by atomic mass is 16.5. The molecule has 2 bridgehead atoms. The average molecular weight is 234 g/mol. The van der Waals surface area contributed by atoms with Gasteiger partial charge in [0.05, 0.1) is 11.7 Å². The van der Waals surface area contributed by atoms with Crippen molar-refractivity contribution in [3.05, 3.63) is 11.8 Å². The lowest BCUT2D eigenvalue weighted by atomic mass is 9.74. The number of carboxylic acid groups (broad SMARTS) is 1. The van der Waals surface area contributed by atoms with Crippen molar-refractivity contribution in [3.63, 3.8) is 0 Å². The van der Waals surface area contributed by atoms with E-state index in [-0.39, 0.29) is 11.8 Å². The van der Waals surface area contributed by atoms with Crippen LogP contribution in [-0.2, 0) is 9.53 Å². The molecule has 3 nitrogen and oxygen atoms in total. The molecule has 92 valence electrons. The molecule has 1 heterocycles. The van der Waals surface area contributed by atoms with E-state index in [0.717, 1.165) is 5.76 Å². The summed E-state index contributed by atoms with van der Waals surface area (Å²) in [5.41, 5.74) is 0.336. The van der Waals surface area contributed by atoms with E-state index in [4.69, 9.17) is 4.74 Å². The first kappa shape index (κ1) is 9.98. The summed E-state index contributed by atoms with van der Waals surface area (Å²) in [6.07, 6.45) is 4.74. The first-order valence-electron chi connectivity index (χ1n) is 6.67. The average Bonchev–Trinajstić information content (AvgIpc) is 2.86. The van der Waals surface area contributed by atoms with Gasteiger partial charge in [-0.25, -0.2) is 0 Å². The molecule has 0 aromatic rings. The molecule has 3 aliphatic carbocycles. The summed E-state index contributed by atoms with van der Waals surface area (Å²) in [7, 11) is 0. The van der Waals surface area contributed by atoms with Crippen molar-refractivity contribution in [1.82, 2.24) is 0 Å². The van der Waals surface area contributed by atoms with Crippen LogP contribution in [0.3, 0.4) is 0 Å². The van der Waals surface area contributed by atoms with Gasteiger partial charge in [-0.3, -0.25) is 4.79 Å². The third-order valence-electron chi connectivity index (χ3n) is 5.92. The van der Waals surface area contributed by atoms with Gasteiger partial charge in [0.25, 0.3) is 0 Å². The maximum atomic E-state index is 11.6. The van der Waals surface area contributed by atoms with Crippen molar-refractivity contribution in [3.8, 4) is 0 Å². The van der Waals surface area contributed by atoms with Gasteiger partial charge in [0, 0.05) is 11.8 Å². The summed E-state index contributed by atoms with van der Waals surface area (Å²) in [6.45, 7) is 4.16. The van der Waals surface area contributed by atoms with Gasteiger partial charge in [-0.2, -0.15) is 0 Å². The number of allylic oxidation sites excluding steroid dienone is 2. The third-order valence-corrected chi connectivity index (χ3v) is 5.92. The minimum absolute atomic E-state index is 0.172. The minimum atomic E-state index is -0.607. The number of rotatable bonds is 1. The lowest BCUT2D eigenvalue weighted by Gasteiger charge is -2.27. The van der Waals surface area contributed by atoms with Crippen molar-refractivity contribution >= 4 is 5.97 Å². The van der Waals surface area contributed by atoms with Crippen LogP contribution < -0.4 is 0 Å². The molecule has 17 heavy (non-hydrogen) atoms. The maximum Gasteiger partial charge on any atom is 0.307 e. The van der Waals surface area contributed by atoms with Crippen LogP contribution >= 0.6 is 0 Å². The van der Waals surface area contributed by atoms with Crippen LogP contribution in [0.4, 0.5) is 0 Å². The molecule has 0 amide bonds. The molecule has 0 aromatic heterocycles. The molecule has 6 unspecified atom stereocenters. The number of carbonyl (C=O) groups is 1. The lowest BCUT2D eigenvalue weighted by Crippen LogP contribution is -2.35. The summed E-state index contributed by atoms with van der Waals surface area (Å²) in [6, 6.07) is 0. The van der Waals surface area contributed by atoms with E-state index >= 15 is 0 Å². The zero-order chi connectivity index (χ0) is 11.9. The predicted octanol–water partition coefficient (Wildman–Crippen LogP) is 2.28. The first-order chi connectivity index (χ1) is 8.12. The molecule has 0 radical (unpaired) electrons. The van der Waals surface area contributed by atoms with Gasteiger partial charge in [0.1, 0.15) is 6.10 Å². The van der Waals surface area contributed by atoms with Gasteiger partial charge in [-0.15, -0.1) is 0 Å². The Hall–Kier alpha value is -0.990. The number of ether oxygens (including phenoxy) is 1. The van der Waals surface area contributed by atoms with Gasteiger partial charge in [-0.05, 0) is 43.1 Å². The van der Waals surface area contributed by atoms with E-state index in [1.54, 1.807) is 0 Å². The standard InChI is InChI=1S/C14H18O3/c1-3-7-8-9(13(15)16)10-6(2)12(17-7)11(8)14(10)4-5-14/h3,6,8-12H,4-5H2,1-2H3,(H,15,16). The Morgan fingerprint density at radius 3 is 2.71 bits per heavy atom. The number of carboxylic acids is 1. The predicted molar refractivity (Wildman–Crippen MR) is 61.1 cm³/mol. The van der Waals surface area contributed by atoms with Gasteiger partial charge >= 0.3 is 5.97 Å². The van der Waals surface area contributed by atoms with Crippen LogP contribution in [-0.4, -0.2) is 17.2 Å². The molecule has 6 atom stereocenters. The monoisotopic (exact) mass is 234 g/mol. The SMILES string of the molecule is CC=C1OC2C(C)C3C(C(=O)O)C1C2C31CC1. The molecular weight excluding hydrogens is 216 g/mol. The molecule has 1 saturated heterocycles. The topological polar surface area (TPSA) is 46.5 Å². The normalized spacial score (nSPS) is 54.4. The molecule has 1 spiro atoms. The smallest absolute Gasteiger partial charge is 0.307 e. The Kier molecular flexibility index (Phi) is 1.59. The number of hydrogen-bond acceptors (Lipinski definition) is 2. The molecule has 3 saturated carbocycles. The quantitative estimate of drug-likeness (QED) is 0.757. The molecule has 3 heteroatoms. The van der Waals surface area contributed by atoms with E-state index in [0.29, 0.717) is 29.3 Å². The van der Waals surface area contributed by atoms with E-state index < -0.39 is 5.97 Å². The third kappa shape index (κ3) is 0.871. The van der Waals surface area contributed by atoms with Crippen molar-refractivity contribution in [2.24, 2.45) is 35.0 Å². The fourth-order valence-corrected chi connectivity index (χ4v) is 5.45. The van der Waals surface area contributed by atoms with Gasteiger partial charge in [0.15, 0.2) is 0 Å². The fraction of sp³-hybridized carbons (Fsp3) is 0.786. The molecule has 1 N–H and O–H groups in total. The van der Waals surface area contributed by atoms with Crippen LogP contribution in [0.15, 0.2) is 11.8 Å². The zero-order valence-corrected chi connectivity index (χ0v) is 10.2. The van der Waals surface area contributed by atoms with E-state index in [2.05, 4.69) is 6.92 Å². The van der Waals surface area contributed by atoms with Gasteiger partial charge in [-0.1, -0.05) is 6.92 Å². The second-order valence-electron chi connectivity index (χ2n) is 6.31. The Labute approximate surface area is 101 Å². The number of aliphatic carboxylic acids is 1. The van der Waals surface area contributed by atoms with E-state index in [1.807, 2.05) is 13.0 Å². The highest BCUT2D eigenvalue weighted by Gasteiger charge is 2.79. The zero-order valence-electron chi connectivity index (χ0n) is 10.2. The second-order valence-corrected chi connectivity index (χ2v) is 6.31. The highest BCUT2D eigenvalue weighted by Crippen LogP contribution is 2.79. The summed E-state index contributed by atoms with van der Waals surface area (Å²) in [5.74, 6) is 1.60. The van der Waals surface area contributed by atoms with Gasteiger partial charge < -0.3 is 9.84 Å². The Bertz CT molecular complexity index is 435. The molecular formula is C14H18O3. The van der Waals surface area contributed by atoms with E-state index in [9.17, 15) is 9.90 Å². The van der Waals surface area contributed by atoms with Crippen molar-refractivity contribution in [2.45, 2.75) is 32.8 Å². The molecule has 4 rings (SSSR count). The van der Waals surface area contributed by atoms with Gasteiger partial charge in [0.2, 0.25) is 0 Å². The largest absolute Gasteiger partial charge is 0.494 e. The molecule has 4 fully saturated rings. The maximum absolute atomic E-state index is 11.6. The lowest BCUT2D eigenvalue weighted by molar-refractivity contribution is -0.145. The fourth-order valence-electron chi connectivity index (χ4n) is 5.45. The van der Waals surface area contributed by atoms with Crippen LogP contribution in [0, 0.1) is 35.0 Å². The Balaban J connectivity index is 1.88. The van der Waals surface area contributed by atoms with Crippen LogP contribution in [0.25, 0.3) is 0 Å². The molecule has 1 aliphatic heterocycles. The molecule has 4 aliphatic rings. The van der Waals surface area contributed by atoms with E-state index in [1.165, 1.54) is 12.8 Å². The second kappa shape index (κ2) is 2.70. The first-order valence-corrected chi connectivity index (χ1v) is 6.67. The van der Waals surface area contributed by atoms with Crippen LogP contribution in [0.1, 0.15) is 26.7 Å². The summed E-state index contributed by atoms with van der Waals surface area (Å²) < 4.78 is 6.05. The van der Waals surface area contributed by atoms with Crippen LogP contribution in [0.2, 0.25) is 0 Å². The van der Waals surface area contributed by atoms with Crippen molar-refractivity contribution in [1.29, 1.82) is 0 Å². The highest BCUT2D eigenvalue weighted by molar-refractivity contribution is 5.73. The Morgan fingerprint density at radius 1 is 1.47 bits per heavy atom. The minimum Gasteiger partial charge on any atom is -0.494 e. The van der Waals surface area contributed by atoms with Crippen molar-refractivity contribution in [2.75, 3.05) is 0 Å². The summed E-state index contributed by atoms with van der Waals surface area (Å²) in [5, 5.41) is 9.56.